The van der Waals surface area contributed by atoms with Gasteiger partial charge in [0.15, 0.2) is 5.60 Å². The second-order valence-corrected chi connectivity index (χ2v) is 2.79. The molecule has 0 rings (SSSR count). The molecule has 0 saturated heterocycles. The molecule has 0 aliphatic carbocycles. The number of carbonyl (C=O) groups is 1. The molecule has 0 fully saturated rings. The van der Waals surface area contributed by atoms with Gasteiger partial charge in [-0.05, 0) is 6.92 Å². The number of methoxy groups -OCH3 is 1. The first-order valence-electron chi connectivity index (χ1n) is 3.70. The van der Waals surface area contributed by atoms with E-state index < -0.39 is 24.5 Å². The van der Waals surface area contributed by atoms with Gasteiger partial charge in [-0.15, -0.1) is 0 Å². The van der Waals surface area contributed by atoms with Crippen molar-refractivity contribution < 1.29 is 23.4 Å². The van der Waals surface area contributed by atoms with Gasteiger partial charge in [-0.3, -0.25) is 0 Å². The molecule has 0 aromatic heterocycles. The summed E-state index contributed by atoms with van der Waals surface area (Å²) in [5.74, 6) is -0.853. The van der Waals surface area contributed by atoms with Gasteiger partial charge < -0.3 is 15.2 Å². The molecule has 0 amide bonds. The summed E-state index contributed by atoms with van der Waals surface area (Å²) in [6.45, 7) is 0.370. The Morgan fingerprint density at radius 2 is 2.23 bits per heavy atom. The third kappa shape index (κ3) is 4.74. The zero-order chi connectivity index (χ0) is 10.5. The number of ether oxygens (including phenoxy) is 1. The van der Waals surface area contributed by atoms with Crippen molar-refractivity contribution in [1.29, 1.82) is 0 Å². The van der Waals surface area contributed by atoms with E-state index >= 15 is 0 Å². The second-order valence-electron chi connectivity index (χ2n) is 2.79. The Hall–Kier alpha value is -0.750. The summed E-state index contributed by atoms with van der Waals surface area (Å²) in [7, 11) is 1.11. The topological polar surface area (TPSA) is 58.6 Å². The molecule has 0 radical (unpaired) electrons. The molecule has 0 saturated carbocycles. The molecule has 1 atom stereocenters. The zero-order valence-electron chi connectivity index (χ0n) is 7.51. The molecule has 1 unspecified atom stereocenters. The number of hydrogen-bond acceptors (Lipinski definition) is 4. The van der Waals surface area contributed by atoms with Crippen LogP contribution in [-0.2, 0) is 9.53 Å². The minimum absolute atomic E-state index is 0.260. The fraction of sp³-hybridized carbons (Fsp3) is 0.857. The largest absolute Gasteiger partial charge is 0.467 e. The standard InChI is InChI=1S/C7H13F2NO3/c1-7(12,6(11)13-2)4-10-3-5(8)9/h5,10,12H,3-4H2,1-2H3. The minimum atomic E-state index is -2.51. The molecule has 0 bridgehead atoms. The van der Waals surface area contributed by atoms with Crippen molar-refractivity contribution in [1.82, 2.24) is 5.32 Å². The lowest BCUT2D eigenvalue weighted by Crippen LogP contribution is -2.46. The van der Waals surface area contributed by atoms with Crippen molar-refractivity contribution in [2.45, 2.75) is 19.0 Å². The van der Waals surface area contributed by atoms with E-state index in [1.54, 1.807) is 0 Å². The van der Waals surface area contributed by atoms with Crippen molar-refractivity contribution in [2.75, 3.05) is 20.2 Å². The van der Waals surface area contributed by atoms with Crippen LogP contribution in [0.1, 0.15) is 6.92 Å². The van der Waals surface area contributed by atoms with Crippen molar-refractivity contribution in [3.05, 3.63) is 0 Å². The van der Waals surface area contributed by atoms with E-state index in [-0.39, 0.29) is 6.54 Å². The predicted molar refractivity (Wildman–Crippen MR) is 41.5 cm³/mol. The fourth-order valence-corrected chi connectivity index (χ4v) is 0.717. The number of aliphatic hydroxyl groups is 1. The van der Waals surface area contributed by atoms with Crippen molar-refractivity contribution in [3.63, 3.8) is 0 Å². The lowest BCUT2D eigenvalue weighted by atomic mass is 10.1. The number of carbonyl (C=O) groups excluding carboxylic acids is 1. The summed E-state index contributed by atoms with van der Waals surface area (Å²) in [5, 5.41) is 11.6. The van der Waals surface area contributed by atoms with Crippen LogP contribution in [0.2, 0.25) is 0 Å². The van der Waals surface area contributed by atoms with Crippen LogP contribution < -0.4 is 5.32 Å². The third-order valence-corrected chi connectivity index (χ3v) is 1.39. The van der Waals surface area contributed by atoms with Crippen LogP contribution in [0.5, 0.6) is 0 Å². The number of halogens is 2. The Labute approximate surface area is 74.9 Å². The Kier molecular flexibility index (Phi) is 4.79. The molecular weight excluding hydrogens is 184 g/mol. The van der Waals surface area contributed by atoms with E-state index in [2.05, 4.69) is 10.1 Å². The van der Waals surface area contributed by atoms with Gasteiger partial charge in [-0.25, -0.2) is 13.6 Å². The number of rotatable bonds is 5. The van der Waals surface area contributed by atoms with Gasteiger partial charge in [0.25, 0.3) is 6.43 Å². The van der Waals surface area contributed by atoms with Crippen LogP contribution in [0.3, 0.4) is 0 Å². The first-order chi connectivity index (χ1) is 5.90. The Balaban J connectivity index is 3.82. The van der Waals surface area contributed by atoms with Crippen LogP contribution in [0.25, 0.3) is 0 Å². The average molecular weight is 197 g/mol. The number of hydrogen-bond donors (Lipinski definition) is 2. The van der Waals surface area contributed by atoms with Gasteiger partial charge in [-0.2, -0.15) is 0 Å². The predicted octanol–water partition coefficient (Wildman–Crippen LogP) is -0.235. The van der Waals surface area contributed by atoms with Gasteiger partial charge >= 0.3 is 5.97 Å². The van der Waals surface area contributed by atoms with Crippen LogP contribution in [0.4, 0.5) is 8.78 Å². The zero-order valence-corrected chi connectivity index (χ0v) is 7.51. The Bertz CT molecular complexity index is 173. The van der Waals surface area contributed by atoms with Crippen LogP contribution in [0, 0.1) is 0 Å². The normalized spacial score (nSPS) is 15.5. The van der Waals surface area contributed by atoms with Gasteiger partial charge in [0.1, 0.15) is 0 Å². The maximum Gasteiger partial charge on any atom is 0.338 e. The van der Waals surface area contributed by atoms with Crippen molar-refractivity contribution in [2.24, 2.45) is 0 Å². The molecule has 0 spiro atoms. The summed E-state index contributed by atoms with van der Waals surface area (Å²) in [5.41, 5.74) is -1.76. The van der Waals surface area contributed by atoms with Crippen LogP contribution in [-0.4, -0.2) is 43.3 Å². The molecule has 0 aromatic rings. The van der Waals surface area contributed by atoms with Gasteiger partial charge in [0.05, 0.1) is 13.7 Å². The summed E-state index contributed by atoms with van der Waals surface area (Å²) in [6, 6.07) is 0. The molecule has 0 aliphatic heterocycles. The van der Waals surface area contributed by atoms with E-state index in [9.17, 15) is 18.7 Å². The second kappa shape index (κ2) is 5.08. The molecule has 0 aromatic carbocycles. The minimum Gasteiger partial charge on any atom is -0.467 e. The lowest BCUT2D eigenvalue weighted by Gasteiger charge is -2.20. The highest BCUT2D eigenvalue weighted by molar-refractivity contribution is 5.78. The third-order valence-electron chi connectivity index (χ3n) is 1.39. The van der Waals surface area contributed by atoms with Gasteiger partial charge in [-0.1, -0.05) is 0 Å². The maximum atomic E-state index is 11.6. The van der Waals surface area contributed by atoms with Gasteiger partial charge in [0, 0.05) is 6.54 Å². The fourth-order valence-electron chi connectivity index (χ4n) is 0.717. The van der Waals surface area contributed by atoms with E-state index in [0.29, 0.717) is 0 Å². The molecule has 0 heterocycles. The number of alkyl halides is 2. The molecular formula is C7H13F2NO3. The summed E-state index contributed by atoms with van der Waals surface area (Å²) < 4.78 is 27.5. The SMILES string of the molecule is COC(=O)C(C)(O)CNCC(F)F. The van der Waals surface area contributed by atoms with E-state index in [4.69, 9.17) is 0 Å². The summed E-state index contributed by atoms with van der Waals surface area (Å²) in [6.07, 6.45) is -2.51. The Morgan fingerprint density at radius 3 is 2.62 bits per heavy atom. The first kappa shape index (κ1) is 12.2. The van der Waals surface area contributed by atoms with Crippen LogP contribution >= 0.6 is 0 Å². The average Bonchev–Trinajstić information content (AvgIpc) is 2.01. The lowest BCUT2D eigenvalue weighted by molar-refractivity contribution is -0.160. The monoisotopic (exact) mass is 197 g/mol. The molecule has 2 N–H and O–H groups in total. The molecule has 0 aliphatic rings. The Morgan fingerprint density at radius 1 is 1.69 bits per heavy atom. The maximum absolute atomic E-state index is 11.6. The van der Waals surface area contributed by atoms with E-state index in [1.165, 1.54) is 6.92 Å². The van der Waals surface area contributed by atoms with Crippen LogP contribution in [0.15, 0.2) is 0 Å². The first-order valence-corrected chi connectivity index (χ1v) is 3.70. The van der Waals surface area contributed by atoms with Crippen molar-refractivity contribution in [3.8, 4) is 0 Å². The van der Waals surface area contributed by atoms with Crippen molar-refractivity contribution >= 4 is 5.97 Å². The summed E-state index contributed by atoms with van der Waals surface area (Å²) in [4.78, 5) is 10.8. The quantitative estimate of drug-likeness (QED) is 0.597. The van der Waals surface area contributed by atoms with E-state index in [1.807, 2.05) is 0 Å². The van der Waals surface area contributed by atoms with E-state index in [0.717, 1.165) is 7.11 Å². The number of esters is 1. The molecule has 6 heteroatoms. The smallest absolute Gasteiger partial charge is 0.338 e. The van der Waals surface area contributed by atoms with Gasteiger partial charge in [0.2, 0.25) is 0 Å². The highest BCUT2D eigenvalue weighted by Crippen LogP contribution is 2.03. The summed E-state index contributed by atoms with van der Waals surface area (Å²) >= 11 is 0. The molecule has 4 nitrogen and oxygen atoms in total. The highest BCUT2D eigenvalue weighted by Gasteiger charge is 2.30. The molecule has 78 valence electrons. The number of nitrogens with one attached hydrogen (secondary N) is 1. The molecule has 13 heavy (non-hydrogen) atoms. The highest BCUT2D eigenvalue weighted by atomic mass is 19.3.